The molecular formula is C9H19NO. The lowest BCUT2D eigenvalue weighted by Crippen LogP contribution is -2.39. The van der Waals surface area contributed by atoms with Crippen molar-refractivity contribution in [3.05, 3.63) is 0 Å². The maximum atomic E-state index is 11.3. The highest BCUT2D eigenvalue weighted by Crippen LogP contribution is 2.10. The molecule has 0 aromatic heterocycles. The van der Waals surface area contributed by atoms with Gasteiger partial charge in [-0.15, -0.1) is 0 Å². The Morgan fingerprint density at radius 3 is 2.09 bits per heavy atom. The van der Waals surface area contributed by atoms with Crippen LogP contribution in [0, 0.1) is 11.8 Å². The number of nitrogens with two attached hydrogens (primary N) is 1. The molecule has 0 aromatic carbocycles. The van der Waals surface area contributed by atoms with Gasteiger partial charge in [-0.05, 0) is 5.92 Å². The molecule has 0 spiro atoms. The van der Waals surface area contributed by atoms with Crippen LogP contribution in [-0.2, 0) is 4.79 Å². The van der Waals surface area contributed by atoms with E-state index in [4.69, 9.17) is 5.73 Å². The van der Waals surface area contributed by atoms with Crippen molar-refractivity contribution in [2.75, 3.05) is 0 Å². The highest BCUT2D eigenvalue weighted by atomic mass is 16.1. The molecule has 0 saturated heterocycles. The smallest absolute Gasteiger partial charge is 0.152 e. The third-order valence-electron chi connectivity index (χ3n) is 2.15. The first-order chi connectivity index (χ1) is 5.00. The summed E-state index contributed by atoms with van der Waals surface area (Å²) in [6, 6.07) is -0.264. The van der Waals surface area contributed by atoms with E-state index >= 15 is 0 Å². The molecule has 0 rings (SSSR count). The second kappa shape index (κ2) is 4.50. The molecule has 0 amide bonds. The monoisotopic (exact) mass is 157 g/mol. The molecule has 0 aliphatic heterocycles. The van der Waals surface area contributed by atoms with Gasteiger partial charge in [0.1, 0.15) is 0 Å². The predicted molar refractivity (Wildman–Crippen MR) is 47.3 cm³/mol. The summed E-state index contributed by atoms with van der Waals surface area (Å²) in [4.78, 5) is 11.3. The Hall–Kier alpha value is -0.370. The first-order valence-corrected chi connectivity index (χ1v) is 4.30. The van der Waals surface area contributed by atoms with E-state index < -0.39 is 0 Å². The third kappa shape index (κ3) is 3.02. The van der Waals surface area contributed by atoms with E-state index in [0.29, 0.717) is 5.92 Å². The summed E-state index contributed by atoms with van der Waals surface area (Å²) in [7, 11) is 0. The van der Waals surface area contributed by atoms with Gasteiger partial charge in [-0.3, -0.25) is 4.79 Å². The molecule has 2 N–H and O–H groups in total. The minimum Gasteiger partial charge on any atom is -0.321 e. The summed E-state index contributed by atoms with van der Waals surface area (Å²) < 4.78 is 0. The fourth-order valence-electron chi connectivity index (χ4n) is 0.919. The molecule has 0 aliphatic rings. The quantitative estimate of drug-likeness (QED) is 0.673. The Balaban J connectivity index is 4.02. The van der Waals surface area contributed by atoms with Crippen LogP contribution >= 0.6 is 0 Å². The van der Waals surface area contributed by atoms with E-state index in [1.54, 1.807) is 0 Å². The van der Waals surface area contributed by atoms with Crippen LogP contribution in [0.2, 0.25) is 0 Å². The Bertz CT molecular complexity index is 132. The molecule has 0 aliphatic carbocycles. The molecule has 0 bridgehead atoms. The first-order valence-electron chi connectivity index (χ1n) is 4.30. The zero-order valence-electron chi connectivity index (χ0n) is 7.92. The molecule has 0 heterocycles. The van der Waals surface area contributed by atoms with E-state index in [9.17, 15) is 4.79 Å². The van der Waals surface area contributed by atoms with Gasteiger partial charge < -0.3 is 5.73 Å². The van der Waals surface area contributed by atoms with Gasteiger partial charge in [-0.2, -0.15) is 0 Å². The van der Waals surface area contributed by atoms with Crippen molar-refractivity contribution in [2.24, 2.45) is 17.6 Å². The van der Waals surface area contributed by atoms with Crippen molar-refractivity contribution >= 4 is 5.78 Å². The van der Waals surface area contributed by atoms with Crippen LogP contribution in [0.15, 0.2) is 0 Å². The summed E-state index contributed by atoms with van der Waals surface area (Å²) in [6.45, 7) is 7.86. The van der Waals surface area contributed by atoms with Gasteiger partial charge in [0.15, 0.2) is 5.78 Å². The van der Waals surface area contributed by atoms with Crippen molar-refractivity contribution in [3.8, 4) is 0 Å². The summed E-state index contributed by atoms with van der Waals surface area (Å²) in [5.74, 6) is 0.559. The van der Waals surface area contributed by atoms with Crippen molar-refractivity contribution in [1.82, 2.24) is 0 Å². The summed E-state index contributed by atoms with van der Waals surface area (Å²) in [5.41, 5.74) is 5.72. The largest absolute Gasteiger partial charge is 0.321 e. The molecule has 2 heteroatoms. The fraction of sp³-hybridized carbons (Fsp3) is 0.889. The second-order valence-corrected chi connectivity index (χ2v) is 3.47. The SMILES string of the molecule is CCC(C)[C@@H](N)C(=O)C(C)C. The molecular weight excluding hydrogens is 138 g/mol. The van der Waals surface area contributed by atoms with E-state index in [2.05, 4.69) is 6.92 Å². The predicted octanol–water partition coefficient (Wildman–Crippen LogP) is 1.58. The minimum absolute atomic E-state index is 0.0685. The molecule has 0 radical (unpaired) electrons. The van der Waals surface area contributed by atoms with E-state index in [1.807, 2.05) is 20.8 Å². The van der Waals surface area contributed by atoms with Crippen molar-refractivity contribution in [3.63, 3.8) is 0 Å². The highest BCUT2D eigenvalue weighted by Gasteiger charge is 2.21. The normalized spacial score (nSPS) is 16.5. The standard InChI is InChI=1S/C9H19NO/c1-5-7(4)8(10)9(11)6(2)3/h6-8H,5,10H2,1-4H3/t7?,8-/m1/s1. The zero-order chi connectivity index (χ0) is 9.02. The molecule has 0 fully saturated rings. The van der Waals surface area contributed by atoms with Crippen molar-refractivity contribution in [1.29, 1.82) is 0 Å². The summed E-state index contributed by atoms with van der Waals surface area (Å²) in [5, 5.41) is 0. The number of hydrogen-bond donors (Lipinski definition) is 1. The number of hydrogen-bond acceptors (Lipinski definition) is 2. The van der Waals surface area contributed by atoms with Crippen LogP contribution in [0.25, 0.3) is 0 Å². The van der Waals surface area contributed by atoms with Crippen LogP contribution in [0.3, 0.4) is 0 Å². The maximum absolute atomic E-state index is 11.3. The zero-order valence-corrected chi connectivity index (χ0v) is 7.92. The summed E-state index contributed by atoms with van der Waals surface area (Å²) >= 11 is 0. The fourth-order valence-corrected chi connectivity index (χ4v) is 0.919. The van der Waals surface area contributed by atoms with Crippen LogP contribution in [0.5, 0.6) is 0 Å². The Kier molecular flexibility index (Phi) is 4.34. The molecule has 1 unspecified atom stereocenters. The lowest BCUT2D eigenvalue weighted by atomic mass is 9.91. The average molecular weight is 157 g/mol. The average Bonchev–Trinajstić information content (AvgIpc) is 2.00. The van der Waals surface area contributed by atoms with Gasteiger partial charge in [-0.25, -0.2) is 0 Å². The number of ketones is 1. The number of Topliss-reactive ketones (excluding diaryl/α,β-unsaturated/α-hetero) is 1. The van der Waals surface area contributed by atoms with Crippen molar-refractivity contribution in [2.45, 2.75) is 40.2 Å². The van der Waals surface area contributed by atoms with E-state index in [1.165, 1.54) is 0 Å². The molecule has 2 atom stereocenters. The third-order valence-corrected chi connectivity index (χ3v) is 2.15. The van der Waals surface area contributed by atoms with Gasteiger partial charge in [0.2, 0.25) is 0 Å². The van der Waals surface area contributed by atoms with Crippen molar-refractivity contribution < 1.29 is 4.79 Å². The van der Waals surface area contributed by atoms with Gasteiger partial charge >= 0.3 is 0 Å². The Morgan fingerprint density at radius 1 is 1.36 bits per heavy atom. The van der Waals surface area contributed by atoms with Crippen LogP contribution < -0.4 is 5.73 Å². The molecule has 66 valence electrons. The lowest BCUT2D eigenvalue weighted by Gasteiger charge is -2.18. The van der Waals surface area contributed by atoms with Gasteiger partial charge in [-0.1, -0.05) is 34.1 Å². The second-order valence-electron chi connectivity index (χ2n) is 3.47. The lowest BCUT2D eigenvalue weighted by molar-refractivity contribution is -0.124. The van der Waals surface area contributed by atoms with Crippen LogP contribution in [-0.4, -0.2) is 11.8 Å². The van der Waals surface area contributed by atoms with Crippen LogP contribution in [0.4, 0.5) is 0 Å². The minimum atomic E-state index is -0.264. The number of rotatable bonds is 4. The summed E-state index contributed by atoms with van der Waals surface area (Å²) in [6.07, 6.45) is 0.972. The number of carbonyl (C=O) groups is 1. The molecule has 2 nitrogen and oxygen atoms in total. The van der Waals surface area contributed by atoms with Gasteiger partial charge in [0.25, 0.3) is 0 Å². The maximum Gasteiger partial charge on any atom is 0.152 e. The van der Waals surface area contributed by atoms with Gasteiger partial charge in [0.05, 0.1) is 6.04 Å². The van der Waals surface area contributed by atoms with E-state index in [0.717, 1.165) is 6.42 Å². The van der Waals surface area contributed by atoms with Gasteiger partial charge in [0, 0.05) is 5.92 Å². The first kappa shape index (κ1) is 10.6. The Labute approximate surface area is 69.2 Å². The molecule has 0 saturated carbocycles. The van der Waals surface area contributed by atoms with E-state index in [-0.39, 0.29) is 17.7 Å². The van der Waals surface area contributed by atoms with Crippen LogP contribution in [0.1, 0.15) is 34.1 Å². The molecule has 11 heavy (non-hydrogen) atoms. The number of carbonyl (C=O) groups excluding carboxylic acids is 1. The molecule has 0 aromatic rings. The Morgan fingerprint density at radius 2 is 1.82 bits per heavy atom. The topological polar surface area (TPSA) is 43.1 Å². The highest BCUT2D eigenvalue weighted by molar-refractivity contribution is 5.85.